The van der Waals surface area contributed by atoms with E-state index in [0.717, 1.165) is 11.1 Å². The number of ketones is 1. The summed E-state index contributed by atoms with van der Waals surface area (Å²) in [5.74, 6) is 0.594. The van der Waals surface area contributed by atoms with Gasteiger partial charge in [-0.1, -0.05) is 12.1 Å². The minimum Gasteiger partial charge on any atom is -0.493 e. The van der Waals surface area contributed by atoms with E-state index < -0.39 is 0 Å². The number of halogens is 1. The van der Waals surface area contributed by atoms with Gasteiger partial charge in [-0.15, -0.1) is 0 Å². The summed E-state index contributed by atoms with van der Waals surface area (Å²) in [5.41, 5.74) is 2.34. The molecule has 0 atom stereocenters. The molecule has 3 nitrogen and oxygen atoms in total. The average Bonchev–Trinajstić information content (AvgIpc) is 2.48. The molecule has 0 unspecified atom stereocenters. The van der Waals surface area contributed by atoms with Crippen LogP contribution in [0.25, 0.3) is 0 Å². The Bertz CT molecular complexity index is 648. The highest BCUT2D eigenvalue weighted by molar-refractivity contribution is 5.98. The fourth-order valence-corrected chi connectivity index (χ4v) is 2.22. The van der Waals surface area contributed by atoms with Gasteiger partial charge >= 0.3 is 0 Å². The lowest BCUT2D eigenvalue weighted by atomic mass is 10.00. The molecule has 0 spiro atoms. The van der Waals surface area contributed by atoms with Crippen LogP contribution in [0.5, 0.6) is 11.5 Å². The van der Waals surface area contributed by atoms with Crippen molar-refractivity contribution >= 4 is 5.78 Å². The first-order chi connectivity index (χ1) is 10.0. The highest BCUT2D eigenvalue weighted by Gasteiger charge is 2.15. The maximum Gasteiger partial charge on any atom is 0.171 e. The number of rotatable bonds is 5. The van der Waals surface area contributed by atoms with Gasteiger partial charge in [-0.3, -0.25) is 4.79 Å². The Morgan fingerprint density at radius 2 is 1.71 bits per heavy atom. The molecule has 0 amide bonds. The van der Waals surface area contributed by atoms with Crippen LogP contribution >= 0.6 is 0 Å². The molecule has 2 aromatic carbocycles. The highest BCUT2D eigenvalue weighted by atomic mass is 19.1. The molecule has 0 N–H and O–H groups in total. The summed E-state index contributed by atoms with van der Waals surface area (Å²) in [4.78, 5) is 11.8. The third-order valence-electron chi connectivity index (χ3n) is 3.24. The molecule has 0 saturated carbocycles. The second-order valence-electron chi connectivity index (χ2n) is 4.74. The zero-order valence-corrected chi connectivity index (χ0v) is 12.3. The lowest BCUT2D eigenvalue weighted by molar-refractivity contribution is 0.101. The summed E-state index contributed by atoms with van der Waals surface area (Å²) >= 11 is 0. The first kappa shape index (κ1) is 15.0. The van der Waals surface area contributed by atoms with Gasteiger partial charge in [-0.05, 0) is 48.7 Å². The SMILES string of the molecule is COc1cc(Cc2ccc(F)cc2)cc(C(C)=O)c1OC. The van der Waals surface area contributed by atoms with Crippen molar-refractivity contribution in [2.75, 3.05) is 14.2 Å². The fourth-order valence-electron chi connectivity index (χ4n) is 2.22. The van der Waals surface area contributed by atoms with Crippen molar-refractivity contribution in [1.82, 2.24) is 0 Å². The van der Waals surface area contributed by atoms with Crippen LogP contribution in [-0.4, -0.2) is 20.0 Å². The molecular formula is C17H17FO3. The van der Waals surface area contributed by atoms with Crippen molar-refractivity contribution in [3.63, 3.8) is 0 Å². The molecular weight excluding hydrogens is 271 g/mol. The van der Waals surface area contributed by atoms with Crippen molar-refractivity contribution in [1.29, 1.82) is 0 Å². The van der Waals surface area contributed by atoms with Gasteiger partial charge in [0.2, 0.25) is 0 Å². The van der Waals surface area contributed by atoms with Gasteiger partial charge in [0.15, 0.2) is 17.3 Å². The van der Waals surface area contributed by atoms with E-state index in [-0.39, 0.29) is 11.6 Å². The second kappa shape index (κ2) is 6.39. The van der Waals surface area contributed by atoms with Crippen LogP contribution in [0.1, 0.15) is 28.4 Å². The molecule has 0 aliphatic rings. The van der Waals surface area contributed by atoms with E-state index in [1.807, 2.05) is 6.07 Å². The van der Waals surface area contributed by atoms with E-state index in [9.17, 15) is 9.18 Å². The van der Waals surface area contributed by atoms with Gasteiger partial charge in [-0.2, -0.15) is 0 Å². The van der Waals surface area contributed by atoms with Crippen LogP contribution < -0.4 is 9.47 Å². The maximum absolute atomic E-state index is 12.9. The standard InChI is InChI=1S/C17H17FO3/c1-11(19)15-9-13(10-16(20-2)17(15)21-3)8-12-4-6-14(18)7-5-12/h4-7,9-10H,8H2,1-3H3. The van der Waals surface area contributed by atoms with E-state index in [4.69, 9.17) is 9.47 Å². The van der Waals surface area contributed by atoms with Crippen LogP contribution in [0, 0.1) is 5.82 Å². The molecule has 21 heavy (non-hydrogen) atoms. The normalized spacial score (nSPS) is 10.3. The molecule has 4 heteroatoms. The number of ether oxygens (including phenoxy) is 2. The van der Waals surface area contributed by atoms with Gasteiger partial charge in [0.25, 0.3) is 0 Å². The largest absolute Gasteiger partial charge is 0.493 e. The Balaban J connectivity index is 2.42. The predicted molar refractivity (Wildman–Crippen MR) is 78.8 cm³/mol. The smallest absolute Gasteiger partial charge is 0.171 e. The molecule has 110 valence electrons. The molecule has 2 aromatic rings. The van der Waals surface area contributed by atoms with Crippen LogP contribution in [-0.2, 0) is 6.42 Å². The van der Waals surface area contributed by atoms with Crippen molar-refractivity contribution in [2.24, 2.45) is 0 Å². The van der Waals surface area contributed by atoms with E-state index in [1.54, 1.807) is 18.2 Å². The number of Topliss-reactive ketones (excluding diaryl/α,β-unsaturated/α-hetero) is 1. The molecule has 0 bridgehead atoms. The summed E-state index contributed by atoms with van der Waals surface area (Å²) < 4.78 is 23.5. The number of carbonyl (C=O) groups excluding carboxylic acids is 1. The topological polar surface area (TPSA) is 35.5 Å². The number of methoxy groups -OCH3 is 2. The number of hydrogen-bond acceptors (Lipinski definition) is 3. The van der Waals surface area contributed by atoms with E-state index >= 15 is 0 Å². The van der Waals surface area contributed by atoms with Gasteiger partial charge in [0.05, 0.1) is 19.8 Å². The third kappa shape index (κ3) is 3.40. The molecule has 0 aromatic heterocycles. The van der Waals surface area contributed by atoms with Gasteiger partial charge in [-0.25, -0.2) is 4.39 Å². The van der Waals surface area contributed by atoms with Gasteiger partial charge in [0.1, 0.15) is 5.82 Å². The number of carbonyl (C=O) groups is 1. The molecule has 0 radical (unpaired) electrons. The number of benzene rings is 2. The van der Waals surface area contributed by atoms with E-state index in [1.165, 1.54) is 33.3 Å². The van der Waals surface area contributed by atoms with Crippen molar-refractivity contribution in [3.05, 3.63) is 58.9 Å². The summed E-state index contributed by atoms with van der Waals surface area (Å²) in [7, 11) is 3.04. The molecule has 0 aliphatic carbocycles. The van der Waals surface area contributed by atoms with Crippen LogP contribution in [0.4, 0.5) is 4.39 Å². The van der Waals surface area contributed by atoms with Crippen LogP contribution in [0.15, 0.2) is 36.4 Å². The van der Waals surface area contributed by atoms with Gasteiger partial charge < -0.3 is 9.47 Å². The summed E-state index contributed by atoms with van der Waals surface area (Å²) in [6.07, 6.45) is 0.584. The lowest BCUT2D eigenvalue weighted by Gasteiger charge is -2.13. The zero-order valence-electron chi connectivity index (χ0n) is 12.3. The van der Waals surface area contributed by atoms with Crippen LogP contribution in [0.3, 0.4) is 0 Å². The van der Waals surface area contributed by atoms with E-state index in [0.29, 0.717) is 23.5 Å². The molecule has 2 rings (SSSR count). The predicted octanol–water partition coefficient (Wildman–Crippen LogP) is 3.64. The lowest BCUT2D eigenvalue weighted by Crippen LogP contribution is -2.02. The second-order valence-corrected chi connectivity index (χ2v) is 4.74. The van der Waals surface area contributed by atoms with Gasteiger partial charge in [0, 0.05) is 0 Å². The average molecular weight is 288 g/mol. The molecule has 0 aliphatic heterocycles. The molecule has 0 saturated heterocycles. The van der Waals surface area contributed by atoms with Crippen molar-refractivity contribution in [3.8, 4) is 11.5 Å². The first-order valence-corrected chi connectivity index (χ1v) is 6.55. The molecule has 0 heterocycles. The van der Waals surface area contributed by atoms with E-state index in [2.05, 4.69) is 0 Å². The summed E-state index contributed by atoms with van der Waals surface area (Å²) in [6.45, 7) is 1.49. The van der Waals surface area contributed by atoms with Crippen LogP contribution in [0.2, 0.25) is 0 Å². The third-order valence-corrected chi connectivity index (χ3v) is 3.24. The quantitative estimate of drug-likeness (QED) is 0.788. The van der Waals surface area contributed by atoms with Crippen molar-refractivity contribution < 1.29 is 18.7 Å². The Kier molecular flexibility index (Phi) is 4.58. The highest BCUT2D eigenvalue weighted by Crippen LogP contribution is 2.33. The summed E-state index contributed by atoms with van der Waals surface area (Å²) in [5, 5.41) is 0. The maximum atomic E-state index is 12.9. The number of hydrogen-bond donors (Lipinski definition) is 0. The van der Waals surface area contributed by atoms with Crippen molar-refractivity contribution in [2.45, 2.75) is 13.3 Å². The monoisotopic (exact) mass is 288 g/mol. The summed E-state index contributed by atoms with van der Waals surface area (Å²) in [6, 6.07) is 9.89. The zero-order chi connectivity index (χ0) is 15.4. The molecule has 0 fully saturated rings. The minimum atomic E-state index is -0.268. The Morgan fingerprint density at radius 1 is 1.05 bits per heavy atom. The first-order valence-electron chi connectivity index (χ1n) is 6.55. The fraction of sp³-hybridized carbons (Fsp3) is 0.235. The Morgan fingerprint density at radius 3 is 2.24 bits per heavy atom. The Hall–Kier alpha value is -2.36. The Labute approximate surface area is 123 Å². The minimum absolute atomic E-state index is 0.0916.